The van der Waals surface area contributed by atoms with Crippen molar-refractivity contribution in [3.8, 4) is 5.75 Å². The molecule has 0 aromatic heterocycles. The maximum atomic E-state index is 13.8. The summed E-state index contributed by atoms with van der Waals surface area (Å²) in [5, 5.41) is 3.56. The largest absolute Gasteiger partial charge is 0.483 e. The van der Waals surface area contributed by atoms with E-state index in [0.29, 0.717) is 11.3 Å². The molecule has 0 saturated carbocycles. The predicted octanol–water partition coefficient (Wildman–Crippen LogP) is 5.02. The molecule has 1 N–H and O–H groups in total. The minimum Gasteiger partial charge on any atom is -0.483 e. The van der Waals surface area contributed by atoms with Gasteiger partial charge >= 0.3 is 0 Å². The molecule has 0 radical (unpaired) electrons. The molecule has 2 amide bonds. The quantitative estimate of drug-likeness (QED) is 0.567. The van der Waals surface area contributed by atoms with Gasteiger partial charge in [0.05, 0.1) is 11.6 Å². The lowest BCUT2D eigenvalue weighted by Crippen LogP contribution is -2.44. The van der Waals surface area contributed by atoms with Gasteiger partial charge < -0.3 is 19.9 Å². The maximum Gasteiger partial charge on any atom is 0.260 e. The Kier molecular flexibility index (Phi) is 6.21. The van der Waals surface area contributed by atoms with Crippen molar-refractivity contribution < 1.29 is 14.3 Å². The van der Waals surface area contributed by atoms with Gasteiger partial charge in [0.1, 0.15) is 11.9 Å². The Bertz CT molecular complexity index is 1170. The highest BCUT2D eigenvalue weighted by atomic mass is 16.5. The van der Waals surface area contributed by atoms with E-state index in [0.717, 1.165) is 42.7 Å². The molecule has 2 aliphatic heterocycles. The van der Waals surface area contributed by atoms with Gasteiger partial charge in [-0.3, -0.25) is 9.59 Å². The van der Waals surface area contributed by atoms with Crippen molar-refractivity contribution >= 4 is 17.5 Å². The van der Waals surface area contributed by atoms with Gasteiger partial charge in [-0.05, 0) is 43.5 Å². The summed E-state index contributed by atoms with van der Waals surface area (Å²) in [5.41, 5.74) is 3.30. The number of nitrogens with one attached hydrogen (secondary N) is 1. The number of rotatable bonds is 6. The fourth-order valence-electron chi connectivity index (χ4n) is 4.82. The Morgan fingerprint density at radius 3 is 2.44 bits per heavy atom. The molecular weight excluding hydrogens is 426 g/mol. The standard InChI is InChI=1S/C28H29N3O3/c1-20(21-11-3-2-4-12-21)31-27(29-24-15-7-5-13-22(24)28(31)33)23-14-6-8-16-25(23)34-19-26(32)30-17-9-10-18-30/h2-8,11-16,20,27,29H,9-10,17-19H2,1H3. The van der Waals surface area contributed by atoms with Crippen molar-refractivity contribution in [2.24, 2.45) is 0 Å². The van der Waals surface area contributed by atoms with Gasteiger partial charge in [-0.15, -0.1) is 0 Å². The molecule has 3 aromatic rings. The number of fused-ring (bicyclic) bond motifs is 1. The molecule has 5 rings (SSSR count). The Hall–Kier alpha value is -3.80. The number of carbonyl (C=O) groups is 2. The van der Waals surface area contributed by atoms with Crippen LogP contribution in [0.4, 0.5) is 5.69 Å². The van der Waals surface area contributed by atoms with Gasteiger partial charge in [-0.25, -0.2) is 0 Å². The van der Waals surface area contributed by atoms with E-state index in [-0.39, 0.29) is 24.5 Å². The molecule has 2 atom stereocenters. The zero-order valence-electron chi connectivity index (χ0n) is 19.3. The third-order valence-corrected chi connectivity index (χ3v) is 6.69. The summed E-state index contributed by atoms with van der Waals surface area (Å²) in [6.07, 6.45) is 1.64. The third-order valence-electron chi connectivity index (χ3n) is 6.69. The third kappa shape index (κ3) is 4.23. The van der Waals surface area contributed by atoms with Gasteiger partial charge in [0, 0.05) is 24.3 Å². The summed E-state index contributed by atoms with van der Waals surface area (Å²) in [4.78, 5) is 30.1. The van der Waals surface area contributed by atoms with Crippen molar-refractivity contribution in [3.63, 3.8) is 0 Å². The van der Waals surface area contributed by atoms with Gasteiger partial charge in [0.2, 0.25) is 0 Å². The van der Waals surface area contributed by atoms with Crippen LogP contribution >= 0.6 is 0 Å². The fourth-order valence-corrected chi connectivity index (χ4v) is 4.82. The second-order valence-electron chi connectivity index (χ2n) is 8.81. The van der Waals surface area contributed by atoms with Gasteiger partial charge in [-0.2, -0.15) is 0 Å². The normalized spacial score (nSPS) is 18.3. The number of ether oxygens (including phenoxy) is 1. The number of likely N-dealkylation sites (tertiary alicyclic amines) is 1. The summed E-state index contributed by atoms with van der Waals surface area (Å²) in [6.45, 7) is 3.61. The minimum atomic E-state index is -0.448. The Morgan fingerprint density at radius 2 is 1.65 bits per heavy atom. The Balaban J connectivity index is 1.49. The fraction of sp³-hybridized carbons (Fsp3) is 0.286. The number of hydrogen-bond acceptors (Lipinski definition) is 4. The molecule has 3 aromatic carbocycles. The molecule has 2 unspecified atom stereocenters. The second-order valence-corrected chi connectivity index (χ2v) is 8.81. The number of para-hydroxylation sites is 2. The zero-order chi connectivity index (χ0) is 23.5. The zero-order valence-corrected chi connectivity index (χ0v) is 19.3. The summed E-state index contributed by atoms with van der Waals surface area (Å²) in [5.74, 6) is 0.559. The molecule has 0 spiro atoms. The minimum absolute atomic E-state index is 0.000150. The lowest BCUT2D eigenvalue weighted by Gasteiger charge is -2.42. The van der Waals surface area contributed by atoms with E-state index in [1.165, 1.54) is 0 Å². The molecule has 2 aliphatic rings. The van der Waals surface area contributed by atoms with Crippen LogP contribution in [-0.2, 0) is 4.79 Å². The van der Waals surface area contributed by atoms with Crippen LogP contribution in [0.5, 0.6) is 5.75 Å². The van der Waals surface area contributed by atoms with Gasteiger partial charge in [0.25, 0.3) is 11.8 Å². The first-order chi connectivity index (χ1) is 16.6. The monoisotopic (exact) mass is 455 g/mol. The highest BCUT2D eigenvalue weighted by molar-refractivity contribution is 6.02. The van der Waals surface area contributed by atoms with Crippen LogP contribution < -0.4 is 10.1 Å². The van der Waals surface area contributed by atoms with Crippen molar-refractivity contribution in [1.29, 1.82) is 0 Å². The van der Waals surface area contributed by atoms with E-state index in [1.54, 1.807) is 0 Å². The number of amides is 2. The Labute approximate surface area is 200 Å². The van der Waals surface area contributed by atoms with Crippen molar-refractivity contribution in [2.75, 3.05) is 25.0 Å². The molecule has 6 nitrogen and oxygen atoms in total. The first-order valence-corrected chi connectivity index (χ1v) is 11.9. The summed E-state index contributed by atoms with van der Waals surface area (Å²) in [6, 6.07) is 25.0. The topological polar surface area (TPSA) is 61.9 Å². The van der Waals surface area contributed by atoms with Crippen LogP contribution in [0.25, 0.3) is 0 Å². The molecule has 34 heavy (non-hydrogen) atoms. The van der Waals surface area contributed by atoms with E-state index >= 15 is 0 Å². The van der Waals surface area contributed by atoms with Crippen LogP contribution in [0.2, 0.25) is 0 Å². The van der Waals surface area contributed by atoms with Crippen LogP contribution in [0.3, 0.4) is 0 Å². The average molecular weight is 456 g/mol. The van der Waals surface area contributed by atoms with Crippen molar-refractivity contribution in [3.05, 3.63) is 95.6 Å². The molecule has 1 saturated heterocycles. The molecule has 0 bridgehead atoms. The number of hydrogen-bond donors (Lipinski definition) is 1. The van der Waals surface area contributed by atoms with Crippen molar-refractivity contribution in [1.82, 2.24) is 9.80 Å². The van der Waals surface area contributed by atoms with E-state index in [9.17, 15) is 9.59 Å². The maximum absolute atomic E-state index is 13.8. The highest BCUT2D eigenvalue weighted by Crippen LogP contribution is 2.41. The number of nitrogens with zero attached hydrogens (tertiary/aromatic N) is 2. The van der Waals surface area contributed by atoms with Crippen LogP contribution in [0.1, 0.15) is 53.5 Å². The molecular formula is C28H29N3O3. The number of carbonyl (C=O) groups excluding carboxylic acids is 2. The molecule has 174 valence electrons. The first-order valence-electron chi connectivity index (χ1n) is 11.9. The van der Waals surface area contributed by atoms with Crippen LogP contribution in [-0.4, -0.2) is 41.3 Å². The number of benzene rings is 3. The van der Waals surface area contributed by atoms with Crippen molar-refractivity contribution in [2.45, 2.75) is 32.0 Å². The second kappa shape index (κ2) is 9.59. The van der Waals surface area contributed by atoms with Crippen LogP contribution in [0, 0.1) is 0 Å². The van der Waals surface area contributed by atoms with Crippen LogP contribution in [0.15, 0.2) is 78.9 Å². The van der Waals surface area contributed by atoms with E-state index in [1.807, 2.05) is 95.6 Å². The highest BCUT2D eigenvalue weighted by Gasteiger charge is 2.37. The predicted molar refractivity (Wildman–Crippen MR) is 132 cm³/mol. The van der Waals surface area contributed by atoms with Gasteiger partial charge in [0.15, 0.2) is 6.61 Å². The lowest BCUT2D eigenvalue weighted by molar-refractivity contribution is -0.132. The van der Waals surface area contributed by atoms with E-state index in [2.05, 4.69) is 5.32 Å². The first kappa shape index (κ1) is 22.0. The average Bonchev–Trinajstić information content (AvgIpc) is 3.43. The summed E-state index contributed by atoms with van der Waals surface area (Å²) in [7, 11) is 0. The van der Waals surface area contributed by atoms with E-state index in [4.69, 9.17) is 4.74 Å². The molecule has 1 fully saturated rings. The molecule has 6 heteroatoms. The SMILES string of the molecule is CC(c1ccccc1)N1C(=O)c2ccccc2NC1c1ccccc1OCC(=O)N1CCCC1. The summed E-state index contributed by atoms with van der Waals surface area (Å²) >= 11 is 0. The molecule has 2 heterocycles. The van der Waals surface area contributed by atoms with E-state index < -0.39 is 6.17 Å². The summed E-state index contributed by atoms with van der Waals surface area (Å²) < 4.78 is 6.05. The van der Waals surface area contributed by atoms with Gasteiger partial charge in [-0.1, -0.05) is 60.7 Å². The number of anilines is 1. The molecule has 0 aliphatic carbocycles. The lowest BCUT2D eigenvalue weighted by atomic mass is 9.98. The smallest absolute Gasteiger partial charge is 0.260 e. The Morgan fingerprint density at radius 1 is 0.971 bits per heavy atom.